The topological polar surface area (TPSA) is 39.7 Å². The fourth-order valence-corrected chi connectivity index (χ4v) is 3.34. The van der Waals surface area contributed by atoms with Crippen LogP contribution >= 0.6 is 24.0 Å². The molecule has 0 radical (unpaired) electrons. The van der Waals surface area contributed by atoms with Gasteiger partial charge in [-0.3, -0.25) is 4.99 Å². The minimum Gasteiger partial charge on any atom is -0.357 e. The maximum Gasteiger partial charge on any atom is 0.191 e. The standard InChI is InChI=1S/C17H34N4.HI/c1-4-18-17(19-12-14-10-11-14)20-13-16(21(2)3)15-8-6-5-7-9-15;/h14-16H,4-13H2,1-3H3,(H2,18,19,20);1H. The van der Waals surface area contributed by atoms with Crippen LogP contribution in [0.25, 0.3) is 0 Å². The van der Waals surface area contributed by atoms with Crippen LogP contribution in [0.5, 0.6) is 0 Å². The van der Waals surface area contributed by atoms with E-state index >= 15 is 0 Å². The summed E-state index contributed by atoms with van der Waals surface area (Å²) in [5.74, 6) is 2.72. The number of aliphatic imine (C=N–C) groups is 1. The molecular formula is C17H35IN4. The molecule has 2 fully saturated rings. The summed E-state index contributed by atoms with van der Waals surface area (Å²) in [6.45, 7) is 5.07. The minimum absolute atomic E-state index is 0. The highest BCUT2D eigenvalue weighted by Gasteiger charge is 2.25. The number of likely N-dealkylation sites (N-methyl/N-ethyl adjacent to an activating group) is 1. The third kappa shape index (κ3) is 7.02. The largest absolute Gasteiger partial charge is 0.357 e. The lowest BCUT2D eigenvalue weighted by molar-refractivity contribution is 0.176. The Kier molecular flexibility index (Phi) is 9.71. The van der Waals surface area contributed by atoms with Gasteiger partial charge in [-0.25, -0.2) is 0 Å². The first-order chi connectivity index (χ1) is 10.2. The summed E-state index contributed by atoms with van der Waals surface area (Å²) in [5, 5.41) is 6.88. The second kappa shape index (κ2) is 10.7. The van der Waals surface area contributed by atoms with E-state index in [0.717, 1.165) is 37.4 Å². The molecular weight excluding hydrogens is 387 g/mol. The van der Waals surface area contributed by atoms with Gasteiger partial charge in [-0.15, -0.1) is 24.0 Å². The maximum absolute atomic E-state index is 4.86. The summed E-state index contributed by atoms with van der Waals surface area (Å²) < 4.78 is 0. The highest BCUT2D eigenvalue weighted by Crippen LogP contribution is 2.29. The Balaban J connectivity index is 0.00000242. The summed E-state index contributed by atoms with van der Waals surface area (Å²) in [7, 11) is 4.42. The van der Waals surface area contributed by atoms with Gasteiger partial charge >= 0.3 is 0 Å². The van der Waals surface area contributed by atoms with Crippen LogP contribution < -0.4 is 10.6 Å². The molecule has 0 amide bonds. The van der Waals surface area contributed by atoms with Crippen LogP contribution in [-0.4, -0.2) is 50.6 Å². The van der Waals surface area contributed by atoms with E-state index in [2.05, 4.69) is 36.6 Å². The van der Waals surface area contributed by atoms with Gasteiger partial charge in [0.1, 0.15) is 0 Å². The van der Waals surface area contributed by atoms with Crippen molar-refractivity contribution in [1.82, 2.24) is 15.5 Å². The lowest BCUT2D eigenvalue weighted by Gasteiger charge is -2.34. The summed E-state index contributed by atoms with van der Waals surface area (Å²) in [4.78, 5) is 7.24. The number of guanidine groups is 1. The maximum atomic E-state index is 4.86. The van der Waals surface area contributed by atoms with Crippen LogP contribution in [-0.2, 0) is 0 Å². The molecule has 0 saturated heterocycles. The molecule has 2 aliphatic rings. The molecule has 2 saturated carbocycles. The van der Waals surface area contributed by atoms with Crippen molar-refractivity contribution in [2.45, 2.75) is 57.9 Å². The molecule has 0 aromatic heterocycles. The van der Waals surface area contributed by atoms with Gasteiger partial charge in [0.15, 0.2) is 5.96 Å². The molecule has 0 spiro atoms. The summed E-state index contributed by atoms with van der Waals surface area (Å²) in [5.41, 5.74) is 0. The third-order valence-corrected chi connectivity index (χ3v) is 4.89. The second-order valence-electron chi connectivity index (χ2n) is 6.97. The minimum atomic E-state index is 0. The fraction of sp³-hybridized carbons (Fsp3) is 0.941. The summed E-state index contributed by atoms with van der Waals surface area (Å²) in [6.07, 6.45) is 9.75. The van der Waals surface area contributed by atoms with Gasteiger partial charge in [0.2, 0.25) is 0 Å². The average Bonchev–Trinajstić information content (AvgIpc) is 3.30. The molecule has 0 heterocycles. The normalized spacial score (nSPS) is 21.4. The van der Waals surface area contributed by atoms with Crippen molar-refractivity contribution in [3.63, 3.8) is 0 Å². The molecule has 1 unspecified atom stereocenters. The van der Waals surface area contributed by atoms with Crippen molar-refractivity contribution in [1.29, 1.82) is 0 Å². The van der Waals surface area contributed by atoms with Gasteiger partial charge in [0.05, 0.1) is 6.54 Å². The van der Waals surface area contributed by atoms with E-state index in [0.29, 0.717) is 6.04 Å². The number of rotatable bonds is 7. The van der Waals surface area contributed by atoms with E-state index in [1.165, 1.54) is 44.9 Å². The molecule has 5 heteroatoms. The zero-order valence-electron chi connectivity index (χ0n) is 14.6. The van der Waals surface area contributed by atoms with Gasteiger partial charge in [0, 0.05) is 19.1 Å². The van der Waals surface area contributed by atoms with Gasteiger partial charge in [-0.2, -0.15) is 0 Å². The molecule has 0 aliphatic heterocycles. The zero-order valence-corrected chi connectivity index (χ0v) is 16.9. The predicted octanol–water partition coefficient (Wildman–Crippen LogP) is 3.08. The van der Waals surface area contributed by atoms with Crippen LogP contribution in [0.15, 0.2) is 4.99 Å². The SMILES string of the molecule is CCNC(=NCC(C1CCCCC1)N(C)C)NCC1CC1.I. The Morgan fingerprint density at radius 3 is 2.32 bits per heavy atom. The Hall–Kier alpha value is -0.0400. The molecule has 4 nitrogen and oxygen atoms in total. The first-order valence-corrected chi connectivity index (χ1v) is 8.89. The average molecular weight is 422 g/mol. The van der Waals surface area contributed by atoms with Crippen molar-refractivity contribution < 1.29 is 0 Å². The van der Waals surface area contributed by atoms with Crippen LogP contribution in [0.3, 0.4) is 0 Å². The Labute approximate surface area is 153 Å². The Bertz CT molecular complexity index is 323. The molecule has 1 atom stereocenters. The highest BCUT2D eigenvalue weighted by atomic mass is 127. The smallest absolute Gasteiger partial charge is 0.191 e. The van der Waals surface area contributed by atoms with Crippen LogP contribution in [0, 0.1) is 11.8 Å². The first kappa shape index (κ1) is 20.0. The monoisotopic (exact) mass is 422 g/mol. The number of hydrogen-bond acceptors (Lipinski definition) is 2. The first-order valence-electron chi connectivity index (χ1n) is 8.89. The van der Waals surface area contributed by atoms with Crippen LogP contribution in [0.4, 0.5) is 0 Å². The van der Waals surface area contributed by atoms with E-state index < -0.39 is 0 Å². The van der Waals surface area contributed by atoms with Gasteiger partial charge in [-0.05, 0) is 58.5 Å². The van der Waals surface area contributed by atoms with E-state index in [9.17, 15) is 0 Å². The highest BCUT2D eigenvalue weighted by molar-refractivity contribution is 14.0. The number of halogens is 1. The lowest BCUT2D eigenvalue weighted by Crippen LogP contribution is -2.42. The van der Waals surface area contributed by atoms with Crippen molar-refractivity contribution in [2.24, 2.45) is 16.8 Å². The number of nitrogens with one attached hydrogen (secondary N) is 2. The molecule has 2 aliphatic carbocycles. The molecule has 2 N–H and O–H groups in total. The third-order valence-electron chi connectivity index (χ3n) is 4.89. The summed E-state index contributed by atoms with van der Waals surface area (Å²) in [6, 6.07) is 0.585. The predicted molar refractivity (Wildman–Crippen MR) is 106 cm³/mol. The van der Waals surface area contributed by atoms with Crippen LogP contribution in [0.2, 0.25) is 0 Å². The molecule has 22 heavy (non-hydrogen) atoms. The quantitative estimate of drug-likeness (QED) is 0.376. The Morgan fingerprint density at radius 1 is 1.09 bits per heavy atom. The second-order valence-corrected chi connectivity index (χ2v) is 6.97. The van der Waals surface area contributed by atoms with E-state index in [4.69, 9.17) is 4.99 Å². The van der Waals surface area contributed by atoms with E-state index in [1.807, 2.05) is 0 Å². The summed E-state index contributed by atoms with van der Waals surface area (Å²) >= 11 is 0. The van der Waals surface area contributed by atoms with E-state index in [-0.39, 0.29) is 24.0 Å². The number of nitrogens with zero attached hydrogens (tertiary/aromatic N) is 2. The van der Waals surface area contributed by atoms with Gasteiger partial charge < -0.3 is 15.5 Å². The van der Waals surface area contributed by atoms with Gasteiger partial charge in [0.25, 0.3) is 0 Å². The lowest BCUT2D eigenvalue weighted by atomic mass is 9.83. The van der Waals surface area contributed by atoms with Crippen LogP contribution in [0.1, 0.15) is 51.9 Å². The molecule has 0 bridgehead atoms. The van der Waals surface area contributed by atoms with Gasteiger partial charge in [-0.1, -0.05) is 19.3 Å². The molecule has 0 aromatic carbocycles. The Morgan fingerprint density at radius 2 is 1.77 bits per heavy atom. The molecule has 130 valence electrons. The van der Waals surface area contributed by atoms with Crippen molar-refractivity contribution in [3.8, 4) is 0 Å². The van der Waals surface area contributed by atoms with E-state index in [1.54, 1.807) is 0 Å². The zero-order chi connectivity index (χ0) is 15.1. The van der Waals surface area contributed by atoms with Crippen molar-refractivity contribution in [3.05, 3.63) is 0 Å². The van der Waals surface area contributed by atoms with Crippen molar-refractivity contribution in [2.75, 3.05) is 33.7 Å². The molecule has 0 aromatic rings. The fourth-order valence-electron chi connectivity index (χ4n) is 3.34. The van der Waals surface area contributed by atoms with Crippen molar-refractivity contribution >= 4 is 29.9 Å². The molecule has 2 rings (SSSR count). The number of hydrogen-bond donors (Lipinski definition) is 2.